The summed E-state index contributed by atoms with van der Waals surface area (Å²) in [6.45, 7) is 4.07. The van der Waals surface area contributed by atoms with Crippen LogP contribution in [0.1, 0.15) is 42.1 Å². The topological polar surface area (TPSA) is 30.3 Å². The summed E-state index contributed by atoms with van der Waals surface area (Å²) in [6, 6.07) is 36.7. The fourth-order valence-corrected chi connectivity index (χ4v) is 5.36. The molecule has 0 atom stereocenters. The number of aryl methyl sites for hydroxylation is 1. The lowest BCUT2D eigenvalue weighted by atomic mass is 10.1. The second-order valence-corrected chi connectivity index (χ2v) is 10.6. The van der Waals surface area contributed by atoms with Crippen molar-refractivity contribution in [2.45, 2.75) is 59.5 Å². The number of hydrogen-bond acceptors (Lipinski definition) is 3. The van der Waals surface area contributed by atoms with Crippen molar-refractivity contribution in [3.8, 4) is 28.4 Å². The van der Waals surface area contributed by atoms with Gasteiger partial charge in [0.15, 0.2) is 0 Å². The molecule has 0 radical (unpaired) electrons. The van der Waals surface area contributed by atoms with Crippen LogP contribution in [0.4, 0.5) is 8.78 Å². The van der Waals surface area contributed by atoms with Gasteiger partial charge in [-0.05, 0) is 36.1 Å². The first kappa shape index (κ1) is 29.2. The fourth-order valence-electron chi connectivity index (χ4n) is 5.36. The zero-order chi connectivity index (χ0) is 29.3. The van der Waals surface area contributed by atoms with E-state index in [1.165, 1.54) is 11.3 Å². The Balaban J connectivity index is 1.58. The Morgan fingerprint density at radius 2 is 1.38 bits per heavy atom. The van der Waals surface area contributed by atoms with Gasteiger partial charge in [0.2, 0.25) is 0 Å². The molecule has 5 aromatic rings. The van der Waals surface area contributed by atoms with Crippen LogP contribution in [0.25, 0.3) is 22.6 Å². The van der Waals surface area contributed by atoms with Gasteiger partial charge in [0.05, 0.1) is 11.4 Å². The van der Waals surface area contributed by atoms with Gasteiger partial charge in [0, 0.05) is 37.3 Å². The highest BCUT2D eigenvalue weighted by molar-refractivity contribution is 5.68. The van der Waals surface area contributed by atoms with Crippen molar-refractivity contribution in [1.82, 2.24) is 14.5 Å². The van der Waals surface area contributed by atoms with Crippen molar-refractivity contribution in [3.05, 3.63) is 132 Å². The van der Waals surface area contributed by atoms with Gasteiger partial charge in [0.25, 0.3) is 0 Å². The minimum atomic E-state index is -2.84. The molecule has 0 unspecified atom stereocenters. The second kappa shape index (κ2) is 14.1. The van der Waals surface area contributed by atoms with Gasteiger partial charge in [-0.2, -0.15) is 8.78 Å². The van der Waals surface area contributed by atoms with Crippen molar-refractivity contribution in [2.24, 2.45) is 0 Å². The Morgan fingerprint density at radius 1 is 0.762 bits per heavy atom. The lowest BCUT2D eigenvalue weighted by Gasteiger charge is -2.25. The minimum Gasteiger partial charge on any atom is -0.435 e. The van der Waals surface area contributed by atoms with Crippen LogP contribution in [0.2, 0.25) is 0 Å². The predicted molar refractivity (Wildman–Crippen MR) is 165 cm³/mol. The van der Waals surface area contributed by atoms with E-state index in [-0.39, 0.29) is 5.75 Å². The van der Waals surface area contributed by atoms with Crippen molar-refractivity contribution in [2.75, 3.05) is 0 Å². The van der Waals surface area contributed by atoms with Crippen LogP contribution in [0.15, 0.2) is 109 Å². The van der Waals surface area contributed by atoms with Gasteiger partial charge >= 0.3 is 6.61 Å². The van der Waals surface area contributed by atoms with E-state index in [0.29, 0.717) is 18.7 Å². The van der Waals surface area contributed by atoms with Crippen molar-refractivity contribution >= 4 is 0 Å². The number of hydrogen-bond donors (Lipinski definition) is 0. The molecule has 0 aliphatic carbocycles. The monoisotopic (exact) mass is 565 g/mol. The largest absolute Gasteiger partial charge is 0.435 e. The van der Waals surface area contributed by atoms with E-state index in [1.807, 2.05) is 37.3 Å². The highest BCUT2D eigenvalue weighted by Gasteiger charge is 2.22. The first-order valence-corrected chi connectivity index (χ1v) is 14.5. The van der Waals surface area contributed by atoms with E-state index >= 15 is 0 Å². The third-order valence-corrected chi connectivity index (χ3v) is 7.37. The number of rotatable bonds is 13. The molecule has 0 aliphatic rings. The number of halogens is 2. The summed E-state index contributed by atoms with van der Waals surface area (Å²) in [5.74, 6) is 1.18. The lowest BCUT2D eigenvalue weighted by Crippen LogP contribution is -2.24. The van der Waals surface area contributed by atoms with Crippen LogP contribution in [0, 0.1) is 6.92 Å². The molecule has 0 amide bonds. The Morgan fingerprint density at radius 3 is 2.00 bits per heavy atom. The Kier molecular flexibility index (Phi) is 9.78. The molecular weight excluding hydrogens is 528 g/mol. The van der Waals surface area contributed by atoms with Gasteiger partial charge in [-0.3, -0.25) is 4.90 Å². The average Bonchev–Trinajstić information content (AvgIpc) is 3.36. The van der Waals surface area contributed by atoms with Gasteiger partial charge < -0.3 is 9.30 Å². The quantitative estimate of drug-likeness (QED) is 0.143. The zero-order valence-corrected chi connectivity index (χ0v) is 24.2. The molecule has 0 N–H and O–H groups in total. The molecular formula is C36H37F2N3O. The normalized spacial score (nSPS) is 11.4. The smallest absolute Gasteiger partial charge is 0.387 e. The van der Waals surface area contributed by atoms with E-state index in [2.05, 4.69) is 89.2 Å². The fraction of sp³-hybridized carbons (Fsp3) is 0.250. The molecule has 0 aliphatic heterocycles. The molecule has 0 spiro atoms. The number of ether oxygens (including phenoxy) is 1. The molecule has 5 rings (SSSR count). The summed E-state index contributed by atoms with van der Waals surface area (Å²) in [5, 5.41) is 0. The standard InChI is InChI=1S/C36H37F2N3O/c1-3-4-22-41-32(34(30-16-10-6-11-17-30)39-35(41)31-18-12-7-13-19-31)26-40(24-28-14-8-5-9-15-28)25-29-20-21-33(27(2)23-29)42-36(37)38/h5-21,23,36H,3-4,22,24-26H2,1-2H3. The minimum absolute atomic E-state index is 0.208. The Labute approximate surface area is 247 Å². The van der Waals surface area contributed by atoms with Crippen LogP contribution in [0.5, 0.6) is 5.75 Å². The first-order valence-electron chi connectivity index (χ1n) is 14.5. The highest BCUT2D eigenvalue weighted by Crippen LogP contribution is 2.32. The molecule has 0 saturated carbocycles. The maximum atomic E-state index is 12.9. The number of nitrogens with zero attached hydrogens (tertiary/aromatic N) is 3. The molecule has 4 nitrogen and oxygen atoms in total. The predicted octanol–water partition coefficient (Wildman–Crippen LogP) is 9.13. The summed E-state index contributed by atoms with van der Waals surface area (Å²) in [6.07, 6.45) is 2.12. The third kappa shape index (κ3) is 7.31. The number of alkyl halides is 2. The highest BCUT2D eigenvalue weighted by atomic mass is 19.3. The van der Waals surface area contributed by atoms with Gasteiger partial charge in [0.1, 0.15) is 11.6 Å². The van der Waals surface area contributed by atoms with Crippen LogP contribution >= 0.6 is 0 Å². The van der Waals surface area contributed by atoms with Crippen LogP contribution in [-0.2, 0) is 26.2 Å². The summed E-state index contributed by atoms with van der Waals surface area (Å²) >= 11 is 0. The molecule has 1 aromatic heterocycles. The van der Waals surface area contributed by atoms with E-state index < -0.39 is 6.61 Å². The third-order valence-electron chi connectivity index (χ3n) is 7.37. The SMILES string of the molecule is CCCCn1c(-c2ccccc2)nc(-c2ccccc2)c1CN(Cc1ccccc1)Cc1ccc(OC(F)F)c(C)c1. The van der Waals surface area contributed by atoms with Crippen LogP contribution < -0.4 is 4.74 Å². The second-order valence-electron chi connectivity index (χ2n) is 10.6. The molecule has 0 bridgehead atoms. The van der Waals surface area contributed by atoms with Gasteiger partial charge in [-0.1, -0.05) is 116 Å². The van der Waals surface area contributed by atoms with Crippen molar-refractivity contribution < 1.29 is 13.5 Å². The van der Waals surface area contributed by atoms with Crippen LogP contribution in [0.3, 0.4) is 0 Å². The number of unbranched alkanes of at least 4 members (excludes halogenated alkanes) is 1. The number of benzene rings is 4. The maximum absolute atomic E-state index is 12.9. The van der Waals surface area contributed by atoms with Crippen molar-refractivity contribution in [3.63, 3.8) is 0 Å². The Bertz CT molecular complexity index is 1550. The molecule has 216 valence electrons. The van der Waals surface area contributed by atoms with E-state index in [1.54, 1.807) is 6.07 Å². The zero-order valence-electron chi connectivity index (χ0n) is 24.2. The number of aromatic nitrogens is 2. The average molecular weight is 566 g/mol. The first-order chi connectivity index (χ1) is 20.5. The van der Waals surface area contributed by atoms with Gasteiger partial charge in [-0.25, -0.2) is 4.98 Å². The molecule has 4 aromatic carbocycles. The van der Waals surface area contributed by atoms with E-state index in [0.717, 1.165) is 54.1 Å². The van der Waals surface area contributed by atoms with E-state index in [4.69, 9.17) is 9.72 Å². The maximum Gasteiger partial charge on any atom is 0.387 e. The molecule has 6 heteroatoms. The van der Waals surface area contributed by atoms with Gasteiger partial charge in [-0.15, -0.1) is 0 Å². The summed E-state index contributed by atoms with van der Waals surface area (Å²) in [5.41, 5.74) is 7.27. The lowest BCUT2D eigenvalue weighted by molar-refractivity contribution is -0.0503. The molecule has 0 fully saturated rings. The summed E-state index contributed by atoms with van der Waals surface area (Å²) in [4.78, 5) is 7.67. The molecule has 42 heavy (non-hydrogen) atoms. The Hall–Kier alpha value is -4.29. The van der Waals surface area contributed by atoms with Crippen molar-refractivity contribution in [1.29, 1.82) is 0 Å². The number of imidazole rings is 1. The molecule has 0 saturated heterocycles. The summed E-state index contributed by atoms with van der Waals surface area (Å²) in [7, 11) is 0. The van der Waals surface area contributed by atoms with E-state index in [9.17, 15) is 8.78 Å². The van der Waals surface area contributed by atoms with Crippen LogP contribution in [-0.4, -0.2) is 21.1 Å². The summed E-state index contributed by atoms with van der Waals surface area (Å²) < 4.78 is 32.9. The molecule has 1 heterocycles.